The lowest BCUT2D eigenvalue weighted by Gasteiger charge is -2.01. The predicted octanol–water partition coefficient (Wildman–Crippen LogP) is 3.27. The summed E-state index contributed by atoms with van der Waals surface area (Å²) in [6, 6.07) is 2.46. The SMILES string of the molecule is Cc1csc(NN=Cc2cc([N+](=O)[O-])cc(Br)c2O)n1. The minimum Gasteiger partial charge on any atom is -0.506 e. The van der Waals surface area contributed by atoms with Crippen LogP contribution in [-0.2, 0) is 0 Å². The Morgan fingerprint density at radius 3 is 2.95 bits per heavy atom. The summed E-state index contributed by atoms with van der Waals surface area (Å²) >= 11 is 4.44. The minimum atomic E-state index is -0.543. The smallest absolute Gasteiger partial charge is 0.271 e. The predicted molar refractivity (Wildman–Crippen MR) is 80.5 cm³/mol. The molecule has 20 heavy (non-hydrogen) atoms. The molecule has 1 heterocycles. The van der Waals surface area contributed by atoms with Crippen LogP contribution in [0, 0.1) is 17.0 Å². The zero-order valence-electron chi connectivity index (χ0n) is 10.2. The summed E-state index contributed by atoms with van der Waals surface area (Å²) in [6.45, 7) is 1.86. The maximum Gasteiger partial charge on any atom is 0.271 e. The number of phenolic OH excluding ortho intramolecular Hbond substituents is 1. The molecule has 1 aromatic heterocycles. The normalized spacial score (nSPS) is 10.9. The summed E-state index contributed by atoms with van der Waals surface area (Å²) in [5, 5.41) is 26.9. The monoisotopic (exact) mass is 356 g/mol. The number of aryl methyl sites for hydroxylation is 1. The topological polar surface area (TPSA) is 101 Å². The van der Waals surface area contributed by atoms with Crippen LogP contribution in [0.25, 0.3) is 0 Å². The first-order valence-corrected chi connectivity index (χ1v) is 7.02. The largest absolute Gasteiger partial charge is 0.506 e. The van der Waals surface area contributed by atoms with Gasteiger partial charge in [-0.1, -0.05) is 0 Å². The molecule has 0 amide bonds. The number of hydrogen-bond donors (Lipinski definition) is 2. The number of nitro groups is 1. The van der Waals surface area contributed by atoms with E-state index in [1.54, 1.807) is 0 Å². The van der Waals surface area contributed by atoms with Gasteiger partial charge in [0.2, 0.25) is 5.13 Å². The number of nitro benzene ring substituents is 1. The number of phenols is 1. The second-order valence-electron chi connectivity index (χ2n) is 3.79. The zero-order chi connectivity index (χ0) is 14.7. The van der Waals surface area contributed by atoms with Gasteiger partial charge in [-0.2, -0.15) is 5.10 Å². The summed E-state index contributed by atoms with van der Waals surface area (Å²) < 4.78 is 0.234. The zero-order valence-corrected chi connectivity index (χ0v) is 12.6. The second-order valence-corrected chi connectivity index (χ2v) is 5.50. The molecule has 0 saturated carbocycles. The molecule has 0 spiro atoms. The average molecular weight is 357 g/mol. The van der Waals surface area contributed by atoms with Crippen LogP contribution >= 0.6 is 27.3 Å². The maximum atomic E-state index is 10.7. The molecule has 7 nitrogen and oxygen atoms in total. The van der Waals surface area contributed by atoms with Gasteiger partial charge in [0.1, 0.15) is 5.75 Å². The second kappa shape index (κ2) is 5.97. The van der Waals surface area contributed by atoms with E-state index in [4.69, 9.17) is 0 Å². The number of aromatic hydroxyl groups is 1. The summed E-state index contributed by atoms with van der Waals surface area (Å²) in [7, 11) is 0. The molecule has 0 aliphatic rings. The number of rotatable bonds is 4. The van der Waals surface area contributed by atoms with Gasteiger partial charge in [-0.3, -0.25) is 15.5 Å². The molecule has 0 aliphatic carbocycles. The van der Waals surface area contributed by atoms with Gasteiger partial charge in [-0.05, 0) is 22.9 Å². The van der Waals surface area contributed by atoms with Crippen molar-refractivity contribution in [2.24, 2.45) is 5.10 Å². The van der Waals surface area contributed by atoms with Gasteiger partial charge in [-0.25, -0.2) is 4.98 Å². The third-order valence-electron chi connectivity index (χ3n) is 2.27. The van der Waals surface area contributed by atoms with Gasteiger partial charge in [0.05, 0.1) is 21.3 Å². The summed E-state index contributed by atoms with van der Waals surface area (Å²) in [5.41, 5.74) is 3.65. The Bertz CT molecular complexity index is 686. The minimum absolute atomic E-state index is 0.114. The Hall–Kier alpha value is -2.00. The van der Waals surface area contributed by atoms with Crippen LogP contribution in [0.15, 0.2) is 27.1 Å². The van der Waals surface area contributed by atoms with Crippen LogP contribution in [0.2, 0.25) is 0 Å². The number of non-ortho nitro benzene ring substituents is 1. The highest BCUT2D eigenvalue weighted by atomic mass is 79.9. The molecule has 0 aliphatic heterocycles. The number of anilines is 1. The Morgan fingerprint density at radius 2 is 2.35 bits per heavy atom. The Labute approximate surface area is 126 Å². The first-order chi connectivity index (χ1) is 9.47. The van der Waals surface area contributed by atoms with E-state index in [0.717, 1.165) is 5.69 Å². The Balaban J connectivity index is 2.21. The maximum absolute atomic E-state index is 10.7. The van der Waals surface area contributed by atoms with Crippen molar-refractivity contribution < 1.29 is 10.0 Å². The van der Waals surface area contributed by atoms with Crippen LogP contribution in [0.4, 0.5) is 10.8 Å². The van der Waals surface area contributed by atoms with Crippen molar-refractivity contribution in [1.29, 1.82) is 0 Å². The van der Waals surface area contributed by atoms with Crippen molar-refractivity contribution in [3.63, 3.8) is 0 Å². The van der Waals surface area contributed by atoms with Gasteiger partial charge in [-0.15, -0.1) is 11.3 Å². The van der Waals surface area contributed by atoms with Gasteiger partial charge in [0, 0.05) is 23.1 Å². The van der Waals surface area contributed by atoms with E-state index in [0.29, 0.717) is 5.13 Å². The van der Waals surface area contributed by atoms with Gasteiger partial charge in [0.15, 0.2) is 0 Å². The van der Waals surface area contributed by atoms with E-state index < -0.39 is 4.92 Å². The molecular weight excluding hydrogens is 348 g/mol. The highest BCUT2D eigenvalue weighted by molar-refractivity contribution is 9.10. The van der Waals surface area contributed by atoms with Crippen molar-refractivity contribution in [1.82, 2.24) is 4.98 Å². The number of hydrogen-bond acceptors (Lipinski definition) is 7. The third-order valence-corrected chi connectivity index (χ3v) is 3.74. The number of nitrogens with one attached hydrogen (secondary N) is 1. The van der Waals surface area contributed by atoms with Crippen molar-refractivity contribution in [2.75, 3.05) is 5.43 Å². The fourth-order valence-electron chi connectivity index (χ4n) is 1.37. The number of halogens is 1. The number of nitrogens with zero attached hydrogens (tertiary/aromatic N) is 3. The molecule has 9 heteroatoms. The average Bonchev–Trinajstić information content (AvgIpc) is 2.80. The molecule has 2 rings (SSSR count). The molecule has 0 radical (unpaired) electrons. The molecular formula is C11H9BrN4O3S. The summed E-state index contributed by atoms with van der Waals surface area (Å²) in [4.78, 5) is 14.3. The van der Waals surface area contributed by atoms with E-state index in [-0.39, 0.29) is 21.5 Å². The molecule has 1 aromatic carbocycles. The highest BCUT2D eigenvalue weighted by Crippen LogP contribution is 2.31. The first-order valence-electron chi connectivity index (χ1n) is 5.35. The van der Waals surface area contributed by atoms with Crippen LogP contribution in [0.1, 0.15) is 11.3 Å². The van der Waals surface area contributed by atoms with Crippen LogP contribution in [0.3, 0.4) is 0 Å². The molecule has 2 aromatic rings. The van der Waals surface area contributed by atoms with Crippen molar-refractivity contribution >= 4 is 44.3 Å². The fourth-order valence-corrected chi connectivity index (χ4v) is 2.47. The van der Waals surface area contributed by atoms with E-state index in [1.165, 1.54) is 29.7 Å². The molecule has 0 bridgehead atoms. The lowest BCUT2D eigenvalue weighted by molar-refractivity contribution is -0.385. The fraction of sp³-hybridized carbons (Fsp3) is 0.0909. The molecule has 0 atom stereocenters. The lowest BCUT2D eigenvalue weighted by Crippen LogP contribution is -1.94. The molecule has 104 valence electrons. The van der Waals surface area contributed by atoms with Crippen LogP contribution in [0.5, 0.6) is 5.75 Å². The van der Waals surface area contributed by atoms with Crippen molar-refractivity contribution in [3.05, 3.63) is 43.4 Å². The molecule has 2 N–H and O–H groups in total. The lowest BCUT2D eigenvalue weighted by atomic mass is 10.2. The van der Waals surface area contributed by atoms with E-state index in [2.05, 4.69) is 31.4 Å². The Kier molecular flexibility index (Phi) is 4.30. The Morgan fingerprint density at radius 1 is 1.60 bits per heavy atom. The van der Waals surface area contributed by atoms with Crippen LogP contribution in [-0.4, -0.2) is 21.2 Å². The highest BCUT2D eigenvalue weighted by Gasteiger charge is 2.13. The van der Waals surface area contributed by atoms with E-state index in [9.17, 15) is 15.2 Å². The molecule has 0 fully saturated rings. The van der Waals surface area contributed by atoms with Crippen LogP contribution < -0.4 is 5.43 Å². The molecule has 0 unspecified atom stereocenters. The number of thiazole rings is 1. The van der Waals surface area contributed by atoms with Crippen molar-refractivity contribution in [2.45, 2.75) is 6.92 Å². The quantitative estimate of drug-likeness (QED) is 0.497. The van der Waals surface area contributed by atoms with Crippen molar-refractivity contribution in [3.8, 4) is 5.75 Å². The molecule has 0 saturated heterocycles. The van der Waals surface area contributed by atoms with Gasteiger partial charge < -0.3 is 5.11 Å². The summed E-state index contributed by atoms with van der Waals surface area (Å²) in [5.74, 6) is -0.114. The third kappa shape index (κ3) is 3.31. The first kappa shape index (κ1) is 14.4. The number of aromatic nitrogens is 1. The van der Waals surface area contributed by atoms with Gasteiger partial charge in [0.25, 0.3) is 5.69 Å². The standard InChI is InChI=1S/C11H9BrN4O3S/c1-6-5-20-11(14-6)15-13-4-7-2-8(16(18)19)3-9(12)10(7)17/h2-5,17H,1H3,(H,14,15). The number of hydrazone groups is 1. The van der Waals surface area contributed by atoms with E-state index in [1.807, 2.05) is 12.3 Å². The summed E-state index contributed by atoms with van der Waals surface area (Å²) in [6.07, 6.45) is 1.30. The number of benzene rings is 1. The van der Waals surface area contributed by atoms with Gasteiger partial charge >= 0.3 is 0 Å². The van der Waals surface area contributed by atoms with E-state index >= 15 is 0 Å².